The maximum absolute atomic E-state index is 12.3. The minimum Gasteiger partial charge on any atom is -0.462 e. The molecular weight excluding hydrogens is 583 g/mol. The Hall–Kier alpha value is -1.25. The first-order chi connectivity index (χ1) is 21.1. The largest absolute Gasteiger partial charge is 0.469 e. The summed E-state index contributed by atoms with van der Waals surface area (Å²) in [6, 6.07) is 0. The fourth-order valence-electron chi connectivity index (χ4n) is 5.12. The first kappa shape index (κ1) is 40.8. The van der Waals surface area contributed by atoms with Gasteiger partial charge in [-0.1, -0.05) is 116 Å². The molecule has 0 saturated carbocycles. The van der Waals surface area contributed by atoms with Crippen molar-refractivity contribution in [1.82, 2.24) is 0 Å². The Balaban J connectivity index is 2.13. The standard InChI is InChI=1S/C34H63O9P/c1-4-6-7-8-13-18-23-31-32(43-31)24-19-14-11-16-21-26-34(36)42-30(28-41-44(37,38)39)27-40-33(35)25-20-15-10-9-12-17-22-29(3)5-2/h13,18,29-32H,4-12,14-17,19-28H2,1-3H3,(H2,37,38,39)/b18-13-/t29?,30-,31?,32?/m1/s1. The molecule has 1 aliphatic heterocycles. The normalized spacial score (nSPS) is 17.9. The molecule has 4 atom stereocenters. The van der Waals surface area contributed by atoms with Gasteiger partial charge in [0, 0.05) is 12.8 Å². The summed E-state index contributed by atoms with van der Waals surface area (Å²) in [5, 5.41) is 0. The van der Waals surface area contributed by atoms with Crippen molar-refractivity contribution in [1.29, 1.82) is 0 Å². The molecule has 258 valence electrons. The van der Waals surface area contributed by atoms with E-state index in [4.69, 9.17) is 24.0 Å². The maximum atomic E-state index is 12.3. The zero-order valence-electron chi connectivity index (χ0n) is 27.9. The summed E-state index contributed by atoms with van der Waals surface area (Å²) in [6.07, 6.45) is 25.4. The zero-order chi connectivity index (χ0) is 32.5. The molecule has 1 fully saturated rings. The van der Waals surface area contributed by atoms with E-state index in [0.29, 0.717) is 18.6 Å². The van der Waals surface area contributed by atoms with E-state index in [9.17, 15) is 14.2 Å². The van der Waals surface area contributed by atoms with Gasteiger partial charge in [0.25, 0.3) is 0 Å². The number of phosphoric acid groups is 1. The second kappa shape index (κ2) is 25.9. The number of ether oxygens (including phenoxy) is 3. The van der Waals surface area contributed by atoms with Gasteiger partial charge in [-0.15, -0.1) is 0 Å². The molecule has 0 aromatic heterocycles. The summed E-state index contributed by atoms with van der Waals surface area (Å²) >= 11 is 0. The Morgan fingerprint density at radius 2 is 1.43 bits per heavy atom. The molecule has 1 aliphatic rings. The Morgan fingerprint density at radius 3 is 2.09 bits per heavy atom. The molecule has 10 heteroatoms. The van der Waals surface area contributed by atoms with Gasteiger partial charge in [0.05, 0.1) is 18.8 Å². The van der Waals surface area contributed by atoms with Gasteiger partial charge in [-0.2, -0.15) is 0 Å². The minimum atomic E-state index is -4.75. The fourth-order valence-corrected chi connectivity index (χ4v) is 5.48. The van der Waals surface area contributed by atoms with Crippen molar-refractivity contribution in [2.24, 2.45) is 5.92 Å². The van der Waals surface area contributed by atoms with Gasteiger partial charge in [0.2, 0.25) is 0 Å². The summed E-state index contributed by atoms with van der Waals surface area (Å²) in [5.41, 5.74) is 0. The molecule has 1 heterocycles. The van der Waals surface area contributed by atoms with Crippen LogP contribution in [0, 0.1) is 5.92 Å². The molecule has 0 aromatic carbocycles. The third-order valence-electron chi connectivity index (χ3n) is 8.25. The van der Waals surface area contributed by atoms with E-state index < -0.39 is 32.5 Å². The van der Waals surface area contributed by atoms with Crippen molar-refractivity contribution in [3.63, 3.8) is 0 Å². The van der Waals surface area contributed by atoms with Crippen molar-refractivity contribution < 1.29 is 42.7 Å². The van der Waals surface area contributed by atoms with Crippen LogP contribution in [-0.4, -0.2) is 53.3 Å². The Labute approximate surface area is 267 Å². The predicted molar refractivity (Wildman–Crippen MR) is 174 cm³/mol. The zero-order valence-corrected chi connectivity index (χ0v) is 28.8. The summed E-state index contributed by atoms with van der Waals surface area (Å²) in [5.74, 6) is -0.125. The van der Waals surface area contributed by atoms with Crippen LogP contribution in [0.4, 0.5) is 0 Å². The quantitative estimate of drug-likeness (QED) is 0.0258. The van der Waals surface area contributed by atoms with Gasteiger partial charge in [-0.05, 0) is 44.4 Å². The van der Waals surface area contributed by atoms with Crippen molar-refractivity contribution >= 4 is 19.8 Å². The molecule has 0 aromatic rings. The number of phosphoric ester groups is 1. The third-order valence-corrected chi connectivity index (χ3v) is 8.73. The first-order valence-electron chi connectivity index (χ1n) is 17.5. The Kier molecular flexibility index (Phi) is 24.0. The van der Waals surface area contributed by atoms with Crippen molar-refractivity contribution in [2.75, 3.05) is 13.2 Å². The molecule has 44 heavy (non-hydrogen) atoms. The number of unbranched alkanes of at least 4 members (excludes halogenated alkanes) is 12. The smallest absolute Gasteiger partial charge is 0.462 e. The van der Waals surface area contributed by atoms with E-state index in [1.54, 1.807) is 0 Å². The highest BCUT2D eigenvalue weighted by Gasteiger charge is 2.36. The molecule has 1 saturated heterocycles. The van der Waals surface area contributed by atoms with Crippen molar-refractivity contribution in [3.8, 4) is 0 Å². The fraction of sp³-hybridized carbons (Fsp3) is 0.882. The van der Waals surface area contributed by atoms with E-state index in [2.05, 4.69) is 37.4 Å². The van der Waals surface area contributed by atoms with Crippen LogP contribution in [0.15, 0.2) is 12.2 Å². The number of hydrogen-bond acceptors (Lipinski definition) is 7. The molecule has 0 amide bonds. The minimum absolute atomic E-state index is 0.191. The van der Waals surface area contributed by atoms with Gasteiger partial charge >= 0.3 is 19.8 Å². The molecular formula is C34H63O9P. The van der Waals surface area contributed by atoms with Crippen molar-refractivity contribution in [3.05, 3.63) is 12.2 Å². The summed E-state index contributed by atoms with van der Waals surface area (Å²) in [7, 11) is -4.75. The predicted octanol–water partition coefficient (Wildman–Crippen LogP) is 8.74. The lowest BCUT2D eigenvalue weighted by Gasteiger charge is -2.18. The van der Waals surface area contributed by atoms with Crippen LogP contribution in [0.3, 0.4) is 0 Å². The van der Waals surface area contributed by atoms with Crippen LogP contribution in [-0.2, 0) is 32.9 Å². The molecule has 1 rings (SSSR count). The third kappa shape index (κ3) is 25.0. The van der Waals surface area contributed by atoms with Crippen LogP contribution in [0.2, 0.25) is 0 Å². The Bertz CT molecular complexity index is 813. The van der Waals surface area contributed by atoms with Crippen LogP contribution in [0.1, 0.15) is 156 Å². The van der Waals surface area contributed by atoms with Gasteiger partial charge < -0.3 is 24.0 Å². The summed E-state index contributed by atoms with van der Waals surface area (Å²) in [6.45, 7) is 5.89. The average Bonchev–Trinajstić information content (AvgIpc) is 3.74. The van der Waals surface area contributed by atoms with E-state index in [1.807, 2.05) is 0 Å². The average molecular weight is 647 g/mol. The van der Waals surface area contributed by atoms with Crippen LogP contribution >= 0.6 is 7.82 Å². The lowest BCUT2D eigenvalue weighted by molar-refractivity contribution is -0.161. The van der Waals surface area contributed by atoms with Crippen LogP contribution in [0.25, 0.3) is 0 Å². The number of rotatable bonds is 30. The highest BCUT2D eigenvalue weighted by atomic mass is 31.2. The molecule has 0 spiro atoms. The number of allylic oxidation sites excluding steroid dienone is 1. The number of esters is 2. The second-order valence-electron chi connectivity index (χ2n) is 12.5. The number of epoxide rings is 1. The Morgan fingerprint density at radius 1 is 0.795 bits per heavy atom. The van der Waals surface area contributed by atoms with Gasteiger partial charge in [-0.25, -0.2) is 4.57 Å². The van der Waals surface area contributed by atoms with Crippen molar-refractivity contribution in [2.45, 2.75) is 174 Å². The SMILES string of the molecule is CCCCC/C=C\CC1OC1CCCCCCCC(=O)O[C@H](COC(=O)CCCCCCCCC(C)CC)COP(=O)(O)O. The first-order valence-corrected chi connectivity index (χ1v) is 19.0. The topological polar surface area (TPSA) is 132 Å². The highest BCUT2D eigenvalue weighted by molar-refractivity contribution is 7.46. The van der Waals surface area contributed by atoms with Crippen LogP contribution in [0.5, 0.6) is 0 Å². The van der Waals surface area contributed by atoms with E-state index in [0.717, 1.165) is 76.5 Å². The lowest BCUT2D eigenvalue weighted by atomic mass is 10.00. The summed E-state index contributed by atoms with van der Waals surface area (Å²) in [4.78, 5) is 42.6. The molecule has 0 radical (unpaired) electrons. The lowest BCUT2D eigenvalue weighted by Crippen LogP contribution is -2.29. The highest BCUT2D eigenvalue weighted by Crippen LogP contribution is 2.36. The molecule has 0 bridgehead atoms. The molecule has 3 unspecified atom stereocenters. The summed E-state index contributed by atoms with van der Waals surface area (Å²) < 4.78 is 32.0. The molecule has 2 N–H and O–H groups in total. The monoisotopic (exact) mass is 646 g/mol. The van der Waals surface area contributed by atoms with Gasteiger partial charge in [-0.3, -0.25) is 14.1 Å². The number of hydrogen-bond donors (Lipinski definition) is 2. The van der Waals surface area contributed by atoms with E-state index in [-0.39, 0.29) is 19.4 Å². The molecule has 9 nitrogen and oxygen atoms in total. The van der Waals surface area contributed by atoms with E-state index >= 15 is 0 Å². The van der Waals surface area contributed by atoms with Gasteiger partial charge in [0.15, 0.2) is 6.10 Å². The maximum Gasteiger partial charge on any atom is 0.469 e. The number of carbonyl (C=O) groups is 2. The van der Waals surface area contributed by atoms with E-state index in [1.165, 1.54) is 44.9 Å². The van der Waals surface area contributed by atoms with Crippen LogP contribution < -0.4 is 0 Å². The van der Waals surface area contributed by atoms with Gasteiger partial charge in [0.1, 0.15) is 6.61 Å². The number of carbonyl (C=O) groups excluding carboxylic acids is 2. The second-order valence-corrected chi connectivity index (χ2v) is 13.7. The molecule has 0 aliphatic carbocycles.